The summed E-state index contributed by atoms with van der Waals surface area (Å²) < 4.78 is 0. The van der Waals surface area contributed by atoms with Crippen molar-refractivity contribution in [2.45, 2.75) is 0 Å². The second-order valence-electron chi connectivity index (χ2n) is 6.56. The van der Waals surface area contributed by atoms with Crippen molar-refractivity contribution >= 4 is 29.1 Å². The van der Waals surface area contributed by atoms with Crippen molar-refractivity contribution in [3.8, 4) is 0 Å². The molecule has 0 fully saturated rings. The van der Waals surface area contributed by atoms with E-state index in [0.717, 1.165) is 11.1 Å². The molecular formula is C24H17N3O3. The van der Waals surface area contributed by atoms with E-state index in [9.17, 15) is 14.9 Å². The Morgan fingerprint density at radius 3 is 2.13 bits per heavy atom. The second kappa shape index (κ2) is 8.36. The van der Waals surface area contributed by atoms with E-state index in [1.54, 1.807) is 6.08 Å². The van der Waals surface area contributed by atoms with Crippen LogP contribution in [-0.4, -0.2) is 16.5 Å². The number of nitro groups is 1. The fourth-order valence-corrected chi connectivity index (χ4v) is 3.08. The van der Waals surface area contributed by atoms with Crippen molar-refractivity contribution in [3.63, 3.8) is 0 Å². The van der Waals surface area contributed by atoms with Crippen LogP contribution in [0.3, 0.4) is 0 Å². The van der Waals surface area contributed by atoms with Gasteiger partial charge in [0.05, 0.1) is 16.2 Å². The SMILES string of the molecule is O=C1/C(=C/C=C/c2ccccc2)C(c2ccccc2)=NN1c1ccc([N+](=O)[O-])cc1. The topological polar surface area (TPSA) is 75.8 Å². The van der Waals surface area contributed by atoms with Gasteiger partial charge in [0, 0.05) is 17.7 Å². The molecule has 3 aromatic carbocycles. The van der Waals surface area contributed by atoms with Crippen LogP contribution in [0.5, 0.6) is 0 Å². The van der Waals surface area contributed by atoms with Crippen LogP contribution in [0, 0.1) is 10.1 Å². The lowest BCUT2D eigenvalue weighted by Crippen LogP contribution is -2.21. The van der Waals surface area contributed by atoms with Crippen molar-refractivity contribution in [1.82, 2.24) is 0 Å². The first-order valence-corrected chi connectivity index (χ1v) is 9.30. The average Bonchev–Trinajstić information content (AvgIpc) is 3.11. The molecule has 6 nitrogen and oxygen atoms in total. The van der Waals surface area contributed by atoms with Gasteiger partial charge in [-0.1, -0.05) is 72.8 Å². The molecule has 0 atom stereocenters. The number of carbonyl (C=O) groups is 1. The summed E-state index contributed by atoms with van der Waals surface area (Å²) in [4.78, 5) is 23.6. The molecule has 0 saturated heterocycles. The fraction of sp³-hybridized carbons (Fsp3) is 0. The summed E-state index contributed by atoms with van der Waals surface area (Å²) in [6.45, 7) is 0. The molecule has 1 aliphatic heterocycles. The van der Waals surface area contributed by atoms with Crippen molar-refractivity contribution in [2.24, 2.45) is 5.10 Å². The molecule has 0 saturated carbocycles. The molecule has 3 aromatic rings. The number of anilines is 1. The number of non-ortho nitro benzene ring substituents is 1. The number of hydrogen-bond acceptors (Lipinski definition) is 4. The molecule has 4 rings (SSSR count). The van der Waals surface area contributed by atoms with Gasteiger partial charge < -0.3 is 0 Å². The maximum atomic E-state index is 13.1. The number of hydrogen-bond donors (Lipinski definition) is 0. The van der Waals surface area contributed by atoms with Crippen LogP contribution in [0.2, 0.25) is 0 Å². The van der Waals surface area contributed by atoms with Gasteiger partial charge in [-0.25, -0.2) is 0 Å². The molecule has 0 N–H and O–H groups in total. The van der Waals surface area contributed by atoms with Crippen LogP contribution in [0.4, 0.5) is 11.4 Å². The Morgan fingerprint density at radius 1 is 0.867 bits per heavy atom. The summed E-state index contributed by atoms with van der Waals surface area (Å²) in [7, 11) is 0. The molecule has 146 valence electrons. The number of allylic oxidation sites excluding steroid dienone is 2. The lowest BCUT2D eigenvalue weighted by Gasteiger charge is -2.10. The van der Waals surface area contributed by atoms with Gasteiger partial charge in [0.15, 0.2) is 0 Å². The summed E-state index contributed by atoms with van der Waals surface area (Å²) in [5.41, 5.74) is 3.26. The van der Waals surface area contributed by atoms with E-state index in [2.05, 4.69) is 5.10 Å². The van der Waals surface area contributed by atoms with Crippen LogP contribution < -0.4 is 5.01 Å². The summed E-state index contributed by atoms with van der Waals surface area (Å²) >= 11 is 0. The maximum absolute atomic E-state index is 13.1. The van der Waals surface area contributed by atoms with Gasteiger partial charge in [-0.3, -0.25) is 14.9 Å². The number of amides is 1. The molecule has 30 heavy (non-hydrogen) atoms. The minimum atomic E-state index is -0.478. The van der Waals surface area contributed by atoms with Crippen molar-refractivity contribution in [3.05, 3.63) is 124 Å². The highest BCUT2D eigenvalue weighted by atomic mass is 16.6. The highest BCUT2D eigenvalue weighted by Gasteiger charge is 2.31. The van der Waals surface area contributed by atoms with Crippen LogP contribution >= 0.6 is 0 Å². The number of nitro benzene ring substituents is 1. The summed E-state index contributed by atoms with van der Waals surface area (Å²) in [5.74, 6) is -0.291. The van der Waals surface area contributed by atoms with Crippen LogP contribution in [-0.2, 0) is 4.79 Å². The Hall–Kier alpha value is -4.32. The van der Waals surface area contributed by atoms with E-state index in [1.165, 1.54) is 29.3 Å². The molecule has 1 amide bonds. The normalized spacial score (nSPS) is 15.1. The quantitative estimate of drug-likeness (QED) is 0.347. The van der Waals surface area contributed by atoms with Crippen molar-refractivity contribution in [2.75, 3.05) is 5.01 Å². The predicted molar refractivity (Wildman–Crippen MR) is 117 cm³/mol. The van der Waals surface area contributed by atoms with Gasteiger partial charge in [0.25, 0.3) is 11.6 Å². The molecular weight excluding hydrogens is 378 g/mol. The van der Waals surface area contributed by atoms with Crippen molar-refractivity contribution < 1.29 is 9.72 Å². The van der Waals surface area contributed by atoms with Gasteiger partial charge in [-0.05, 0) is 23.8 Å². The summed E-state index contributed by atoms with van der Waals surface area (Å²) in [5, 5.41) is 16.7. The van der Waals surface area contributed by atoms with Gasteiger partial charge >= 0.3 is 0 Å². The first-order valence-electron chi connectivity index (χ1n) is 9.30. The predicted octanol–water partition coefficient (Wildman–Crippen LogP) is 4.99. The molecule has 6 heteroatoms. The minimum absolute atomic E-state index is 0.0424. The number of rotatable bonds is 5. The molecule has 0 aromatic heterocycles. The molecule has 1 aliphatic rings. The number of carbonyl (C=O) groups excluding carboxylic acids is 1. The number of hydrazone groups is 1. The zero-order valence-electron chi connectivity index (χ0n) is 15.9. The van der Waals surface area contributed by atoms with Gasteiger partial charge in [-0.15, -0.1) is 0 Å². The lowest BCUT2D eigenvalue weighted by molar-refractivity contribution is -0.384. The van der Waals surface area contributed by atoms with Gasteiger partial charge in [-0.2, -0.15) is 10.1 Å². The molecule has 0 unspecified atom stereocenters. The van der Waals surface area contributed by atoms with E-state index in [1.807, 2.05) is 72.8 Å². The Balaban J connectivity index is 1.71. The van der Waals surface area contributed by atoms with E-state index in [-0.39, 0.29) is 11.6 Å². The number of benzene rings is 3. The molecule has 0 aliphatic carbocycles. The minimum Gasteiger partial charge on any atom is -0.267 e. The summed E-state index contributed by atoms with van der Waals surface area (Å²) in [6, 6.07) is 25.0. The Kier molecular flexibility index (Phi) is 5.30. The Bertz CT molecular complexity index is 1170. The maximum Gasteiger partial charge on any atom is 0.281 e. The molecule has 0 spiro atoms. The van der Waals surface area contributed by atoms with Gasteiger partial charge in [0.1, 0.15) is 5.71 Å². The zero-order valence-corrected chi connectivity index (χ0v) is 15.9. The first-order chi connectivity index (χ1) is 14.6. The van der Waals surface area contributed by atoms with E-state index in [0.29, 0.717) is 17.0 Å². The molecule has 1 heterocycles. The Labute approximate surface area is 173 Å². The lowest BCUT2D eigenvalue weighted by atomic mass is 10.0. The van der Waals surface area contributed by atoms with Crippen LogP contribution in [0.1, 0.15) is 11.1 Å². The number of nitrogens with zero attached hydrogens (tertiary/aromatic N) is 3. The fourth-order valence-electron chi connectivity index (χ4n) is 3.08. The van der Waals surface area contributed by atoms with Crippen molar-refractivity contribution in [1.29, 1.82) is 0 Å². The smallest absolute Gasteiger partial charge is 0.267 e. The Morgan fingerprint density at radius 2 is 1.50 bits per heavy atom. The highest BCUT2D eigenvalue weighted by Crippen LogP contribution is 2.28. The highest BCUT2D eigenvalue weighted by molar-refractivity contribution is 6.35. The average molecular weight is 395 g/mol. The third kappa shape index (κ3) is 3.93. The molecule has 0 bridgehead atoms. The monoisotopic (exact) mass is 395 g/mol. The van der Waals surface area contributed by atoms with E-state index < -0.39 is 4.92 Å². The first kappa shape index (κ1) is 19.0. The largest absolute Gasteiger partial charge is 0.281 e. The van der Waals surface area contributed by atoms with Crippen LogP contribution in [0.25, 0.3) is 6.08 Å². The standard InChI is InChI=1S/C24H17N3O3/c28-24-22(13-7-10-18-8-3-1-4-9-18)23(19-11-5-2-6-12-19)25-26(24)20-14-16-21(17-15-20)27(29)30/h1-17H/b10-7+,22-13+. The van der Waals surface area contributed by atoms with E-state index >= 15 is 0 Å². The second-order valence-corrected chi connectivity index (χ2v) is 6.56. The summed E-state index contributed by atoms with van der Waals surface area (Å²) in [6.07, 6.45) is 5.48. The van der Waals surface area contributed by atoms with E-state index in [4.69, 9.17) is 0 Å². The molecule has 0 radical (unpaired) electrons. The van der Waals surface area contributed by atoms with Gasteiger partial charge in [0.2, 0.25) is 0 Å². The van der Waals surface area contributed by atoms with Crippen LogP contribution in [0.15, 0.2) is 108 Å². The third-order valence-corrected chi connectivity index (χ3v) is 4.58. The zero-order chi connectivity index (χ0) is 20.9. The third-order valence-electron chi connectivity index (χ3n) is 4.58.